The van der Waals surface area contributed by atoms with Crippen LogP contribution in [0, 0.1) is 6.92 Å². The highest BCUT2D eigenvalue weighted by Gasteiger charge is 2.11. The van der Waals surface area contributed by atoms with Gasteiger partial charge in [0.25, 0.3) is 5.56 Å². The number of aryl methyl sites for hydroxylation is 1. The van der Waals surface area contributed by atoms with Gasteiger partial charge in [-0.3, -0.25) is 4.79 Å². The van der Waals surface area contributed by atoms with Gasteiger partial charge in [0.15, 0.2) is 5.82 Å². The molecule has 0 saturated carbocycles. The number of ether oxygens (including phenoxy) is 1. The second-order valence-electron chi connectivity index (χ2n) is 6.00. The zero-order chi connectivity index (χ0) is 18.7. The molecule has 0 saturated heterocycles. The third-order valence-corrected chi connectivity index (χ3v) is 4.09. The molecule has 8 heteroatoms. The number of aromatic nitrogens is 3. The molecule has 6 nitrogen and oxygen atoms in total. The number of rotatable bonds is 5. The number of nitrogens with zero attached hydrogens (tertiary/aromatic N) is 3. The van der Waals surface area contributed by atoms with E-state index in [1.54, 1.807) is 13.3 Å². The van der Waals surface area contributed by atoms with Gasteiger partial charge in [-0.1, -0.05) is 29.8 Å². The summed E-state index contributed by atoms with van der Waals surface area (Å²) in [6, 6.07) is 9.48. The molecule has 0 aliphatic rings. The van der Waals surface area contributed by atoms with Crippen molar-refractivity contribution >= 4 is 36.5 Å². The Morgan fingerprint density at radius 1 is 1.27 bits per heavy atom. The summed E-state index contributed by atoms with van der Waals surface area (Å²) in [5.41, 5.74) is 2.65. The fourth-order valence-corrected chi connectivity index (χ4v) is 2.79. The molecule has 2 heterocycles. The Labute approximate surface area is 157 Å². The molecule has 0 atom stereocenters. The van der Waals surface area contributed by atoms with E-state index < -0.39 is 0 Å². The Morgan fingerprint density at radius 3 is 2.65 bits per heavy atom. The van der Waals surface area contributed by atoms with Gasteiger partial charge in [-0.15, -0.1) is 0 Å². The van der Waals surface area contributed by atoms with Crippen LogP contribution in [-0.4, -0.2) is 29.5 Å². The van der Waals surface area contributed by atoms with Crippen LogP contribution in [0.15, 0.2) is 47.5 Å². The average molecular weight is 369 g/mol. The molecule has 3 rings (SSSR count). The molecular weight excluding hydrogens is 350 g/mol. The Hall–Kier alpha value is -2.80. The van der Waals surface area contributed by atoms with E-state index in [4.69, 9.17) is 16.3 Å². The molecule has 0 spiro atoms. The van der Waals surface area contributed by atoms with Crippen LogP contribution in [0.25, 0.3) is 0 Å². The smallest absolute Gasteiger partial charge is 0.294 e. The van der Waals surface area contributed by atoms with E-state index in [2.05, 4.69) is 15.3 Å². The van der Waals surface area contributed by atoms with Crippen LogP contribution in [0.1, 0.15) is 11.1 Å². The van der Waals surface area contributed by atoms with Gasteiger partial charge in [-0.25, -0.2) is 9.97 Å². The summed E-state index contributed by atoms with van der Waals surface area (Å²) in [5.74, 6) is 1.49. The molecule has 26 heavy (non-hydrogen) atoms. The highest BCUT2D eigenvalue weighted by Crippen LogP contribution is 2.14. The Balaban J connectivity index is 1.91. The number of pyridine rings is 1. The number of anilines is 2. The maximum absolute atomic E-state index is 12.8. The van der Waals surface area contributed by atoms with E-state index in [1.165, 1.54) is 10.8 Å². The number of benzene rings is 1. The van der Waals surface area contributed by atoms with E-state index in [-0.39, 0.29) is 16.5 Å². The Bertz CT molecular complexity index is 989. The van der Waals surface area contributed by atoms with Crippen molar-refractivity contribution in [3.63, 3.8) is 0 Å². The summed E-state index contributed by atoms with van der Waals surface area (Å²) in [4.78, 5) is 21.2. The summed E-state index contributed by atoms with van der Waals surface area (Å²) in [7, 11) is 3.53. The highest BCUT2D eigenvalue weighted by atomic mass is 35.5. The minimum Gasteiger partial charge on any atom is -0.497 e. The van der Waals surface area contributed by atoms with Gasteiger partial charge in [0.2, 0.25) is 0 Å². The zero-order valence-corrected chi connectivity index (χ0v) is 15.5. The SMILES string of the molecule is Bc1cc(C)cnc1Nc1nc(Cl)cn(Cc2ccc(OC)cc2)c1=O. The number of methoxy groups -OCH3 is 1. The third kappa shape index (κ3) is 4.05. The average Bonchev–Trinajstić information content (AvgIpc) is 2.62. The number of hydrogen-bond donors (Lipinski definition) is 1. The van der Waals surface area contributed by atoms with E-state index in [1.807, 2.05) is 45.1 Å². The number of hydrogen-bond acceptors (Lipinski definition) is 5. The molecule has 0 aliphatic carbocycles. The predicted molar refractivity (Wildman–Crippen MR) is 106 cm³/mol. The number of nitrogens with one attached hydrogen (secondary N) is 1. The van der Waals surface area contributed by atoms with Crippen molar-refractivity contribution in [2.45, 2.75) is 13.5 Å². The topological polar surface area (TPSA) is 69.0 Å². The molecule has 2 aromatic heterocycles. The first-order valence-electron chi connectivity index (χ1n) is 8.06. The van der Waals surface area contributed by atoms with E-state index >= 15 is 0 Å². The van der Waals surface area contributed by atoms with E-state index in [9.17, 15) is 4.79 Å². The van der Waals surface area contributed by atoms with Gasteiger partial charge >= 0.3 is 0 Å². The second-order valence-corrected chi connectivity index (χ2v) is 6.38. The molecule has 0 fully saturated rings. The molecule has 0 radical (unpaired) electrons. The highest BCUT2D eigenvalue weighted by molar-refractivity contribution is 6.35. The zero-order valence-electron chi connectivity index (χ0n) is 14.8. The van der Waals surface area contributed by atoms with E-state index in [0.29, 0.717) is 12.4 Å². The lowest BCUT2D eigenvalue weighted by molar-refractivity contribution is 0.414. The third-order valence-electron chi connectivity index (χ3n) is 3.91. The fraction of sp³-hybridized carbons (Fsp3) is 0.167. The second kappa shape index (κ2) is 7.62. The van der Waals surface area contributed by atoms with Crippen molar-refractivity contribution in [3.05, 3.63) is 69.4 Å². The Kier molecular flexibility index (Phi) is 5.28. The lowest BCUT2D eigenvalue weighted by Crippen LogP contribution is -2.25. The van der Waals surface area contributed by atoms with Crippen LogP contribution < -0.4 is 21.1 Å². The maximum Gasteiger partial charge on any atom is 0.294 e. The summed E-state index contributed by atoms with van der Waals surface area (Å²) in [5, 5.41) is 3.22. The van der Waals surface area contributed by atoms with Gasteiger partial charge in [0.1, 0.15) is 24.6 Å². The lowest BCUT2D eigenvalue weighted by Gasteiger charge is -2.12. The minimum absolute atomic E-state index is 0.144. The van der Waals surface area contributed by atoms with Crippen molar-refractivity contribution in [2.75, 3.05) is 12.4 Å². The van der Waals surface area contributed by atoms with Crippen molar-refractivity contribution in [3.8, 4) is 5.75 Å². The monoisotopic (exact) mass is 368 g/mol. The van der Waals surface area contributed by atoms with Gasteiger partial charge in [-0.05, 0) is 35.6 Å². The summed E-state index contributed by atoms with van der Waals surface area (Å²) < 4.78 is 6.67. The quantitative estimate of drug-likeness (QED) is 0.694. The normalized spacial score (nSPS) is 10.6. The largest absolute Gasteiger partial charge is 0.497 e. The maximum atomic E-state index is 12.8. The van der Waals surface area contributed by atoms with Crippen molar-refractivity contribution in [1.82, 2.24) is 14.5 Å². The van der Waals surface area contributed by atoms with Gasteiger partial charge in [0, 0.05) is 12.4 Å². The van der Waals surface area contributed by atoms with Crippen LogP contribution in [0.5, 0.6) is 5.75 Å². The summed E-state index contributed by atoms with van der Waals surface area (Å²) >= 11 is 6.12. The first-order valence-corrected chi connectivity index (χ1v) is 8.44. The van der Waals surface area contributed by atoms with Gasteiger partial charge in [-0.2, -0.15) is 0 Å². The van der Waals surface area contributed by atoms with Crippen LogP contribution >= 0.6 is 11.6 Å². The molecular formula is C18H18BClN4O2. The molecule has 1 N–H and O–H groups in total. The van der Waals surface area contributed by atoms with Crippen molar-refractivity contribution in [1.29, 1.82) is 0 Å². The standard InChI is InChI=1S/C18H18BClN4O2/c1-11-7-14(19)16(21-8-11)23-17-18(25)24(10-15(20)22-17)9-12-3-5-13(26-2)6-4-12/h3-8,10H,9,19H2,1-2H3,(H,21,22,23). The molecule has 3 aromatic rings. The first kappa shape index (κ1) is 18.0. The molecule has 132 valence electrons. The van der Waals surface area contributed by atoms with Crippen LogP contribution in [0.4, 0.5) is 11.6 Å². The van der Waals surface area contributed by atoms with Crippen LogP contribution in [0.3, 0.4) is 0 Å². The lowest BCUT2D eigenvalue weighted by atomic mass is 9.96. The van der Waals surface area contributed by atoms with Crippen molar-refractivity contribution in [2.24, 2.45) is 0 Å². The summed E-state index contributed by atoms with van der Waals surface area (Å²) in [6.07, 6.45) is 3.25. The van der Waals surface area contributed by atoms with E-state index in [0.717, 1.165) is 22.3 Å². The summed E-state index contributed by atoms with van der Waals surface area (Å²) in [6.45, 7) is 2.34. The van der Waals surface area contributed by atoms with Gasteiger partial charge in [0.05, 0.1) is 13.7 Å². The molecule has 0 aliphatic heterocycles. The van der Waals surface area contributed by atoms with Crippen molar-refractivity contribution < 1.29 is 4.74 Å². The first-order chi connectivity index (χ1) is 12.5. The predicted octanol–water partition coefficient (Wildman–Crippen LogP) is 1.66. The fourth-order valence-electron chi connectivity index (χ4n) is 2.59. The number of halogens is 1. The molecule has 0 bridgehead atoms. The Morgan fingerprint density at radius 2 is 2.00 bits per heavy atom. The molecule has 0 unspecified atom stereocenters. The molecule has 1 aromatic carbocycles. The van der Waals surface area contributed by atoms with Gasteiger partial charge < -0.3 is 14.6 Å². The van der Waals surface area contributed by atoms with Crippen LogP contribution in [0.2, 0.25) is 5.15 Å². The minimum atomic E-state index is -0.271. The molecule has 0 amide bonds. The van der Waals surface area contributed by atoms with Crippen LogP contribution in [-0.2, 0) is 6.54 Å².